The second-order valence-electron chi connectivity index (χ2n) is 10.1. The summed E-state index contributed by atoms with van der Waals surface area (Å²) in [5.74, 6) is -0.827. The fraction of sp³-hybridized carbons (Fsp3) is 0.750. The van der Waals surface area contributed by atoms with Crippen LogP contribution in [0.25, 0.3) is 0 Å². The number of carbonyl (C=O) groups is 2. The zero-order valence-corrected chi connectivity index (χ0v) is 18.8. The number of hydrogen-bond acceptors (Lipinski definition) is 5. The molecule has 3 aliphatic rings. The van der Waals surface area contributed by atoms with Crippen molar-refractivity contribution in [1.29, 1.82) is 0 Å². The molecule has 3 rings (SSSR count). The molecule has 0 aromatic rings. The molecule has 6 heteroatoms. The van der Waals surface area contributed by atoms with Crippen molar-refractivity contribution in [3.05, 3.63) is 23.3 Å². The summed E-state index contributed by atoms with van der Waals surface area (Å²) in [6.07, 6.45) is 1.35. The van der Waals surface area contributed by atoms with Gasteiger partial charge in [-0.25, -0.2) is 0 Å². The van der Waals surface area contributed by atoms with E-state index in [4.69, 9.17) is 0 Å². The van der Waals surface area contributed by atoms with Gasteiger partial charge in [0.25, 0.3) is 0 Å². The number of rotatable bonds is 2. The molecular weight excluding hydrogens is 382 g/mol. The number of Topliss-reactive ketones (excluding diaryl/α,β-unsaturated/α-hetero) is 1. The molecule has 0 aromatic carbocycles. The fourth-order valence-corrected chi connectivity index (χ4v) is 5.88. The van der Waals surface area contributed by atoms with Crippen LogP contribution in [-0.2, 0) is 9.59 Å². The lowest BCUT2D eigenvalue weighted by Gasteiger charge is -2.45. The lowest BCUT2D eigenvalue weighted by molar-refractivity contribution is -0.148. The van der Waals surface area contributed by atoms with Gasteiger partial charge in [-0.1, -0.05) is 44.1 Å². The van der Waals surface area contributed by atoms with Gasteiger partial charge in [0.2, 0.25) is 5.91 Å². The topological polar surface area (TPSA) is 107 Å². The van der Waals surface area contributed by atoms with Crippen LogP contribution in [-0.4, -0.2) is 51.4 Å². The van der Waals surface area contributed by atoms with Crippen molar-refractivity contribution in [2.75, 3.05) is 0 Å². The minimum Gasteiger partial charge on any atom is -0.390 e. The molecule has 1 aliphatic heterocycles. The molecule has 0 radical (unpaired) electrons. The summed E-state index contributed by atoms with van der Waals surface area (Å²) < 4.78 is 0. The predicted molar refractivity (Wildman–Crippen MR) is 114 cm³/mol. The zero-order valence-electron chi connectivity index (χ0n) is 18.8. The summed E-state index contributed by atoms with van der Waals surface area (Å²) in [7, 11) is 0. The van der Waals surface area contributed by atoms with Crippen molar-refractivity contribution < 1.29 is 24.9 Å². The largest absolute Gasteiger partial charge is 0.390 e. The molecule has 1 fully saturated rings. The average molecular weight is 420 g/mol. The Morgan fingerprint density at radius 1 is 1.13 bits per heavy atom. The van der Waals surface area contributed by atoms with Crippen molar-refractivity contribution in [1.82, 2.24) is 5.32 Å². The Bertz CT molecular complexity index is 757. The summed E-state index contributed by atoms with van der Waals surface area (Å²) in [6, 6.07) is -0.117. The highest BCUT2D eigenvalue weighted by Gasteiger charge is 2.65. The number of aliphatic hydroxyl groups is 3. The van der Waals surface area contributed by atoms with Crippen LogP contribution >= 0.6 is 0 Å². The number of hydrogen-bond donors (Lipinski definition) is 4. The standard InChI is InChI=1S/C24H37NO5/c1-12(2)8-17-21-15(5)14(4)10-16-9-13(3)6-7-18(26)22(29)19(27)11-20(28)24(16,21)23(30)25-17/h9-10,12,15-19,21-22,26-27,29H,6-8,11H2,1-5H3,(H,25,30)/b13-9-/t15-,16+,17+,18+,19-,21-,22+,24-/m1/s1. The molecule has 2 aliphatic carbocycles. The first-order valence-corrected chi connectivity index (χ1v) is 11.2. The van der Waals surface area contributed by atoms with E-state index in [-0.39, 0.29) is 36.0 Å². The number of ketones is 1. The molecule has 1 spiro atoms. The van der Waals surface area contributed by atoms with E-state index < -0.39 is 29.6 Å². The highest BCUT2D eigenvalue weighted by Crippen LogP contribution is 2.55. The van der Waals surface area contributed by atoms with Gasteiger partial charge in [0.05, 0.1) is 12.2 Å². The second-order valence-corrected chi connectivity index (χ2v) is 10.1. The van der Waals surface area contributed by atoms with E-state index in [0.717, 1.165) is 12.0 Å². The summed E-state index contributed by atoms with van der Waals surface area (Å²) >= 11 is 0. The van der Waals surface area contributed by atoms with E-state index in [9.17, 15) is 24.9 Å². The van der Waals surface area contributed by atoms with Crippen molar-refractivity contribution in [2.24, 2.45) is 29.1 Å². The first-order chi connectivity index (χ1) is 14.0. The summed E-state index contributed by atoms with van der Waals surface area (Å²) in [6.45, 7) is 10.3. The van der Waals surface area contributed by atoms with E-state index in [1.807, 2.05) is 19.1 Å². The Morgan fingerprint density at radius 2 is 1.80 bits per heavy atom. The van der Waals surface area contributed by atoms with Gasteiger partial charge < -0.3 is 20.6 Å². The molecule has 0 aromatic heterocycles. The molecule has 1 saturated heterocycles. The van der Waals surface area contributed by atoms with Crippen molar-refractivity contribution >= 4 is 11.7 Å². The van der Waals surface area contributed by atoms with Gasteiger partial charge in [-0.2, -0.15) is 0 Å². The first kappa shape index (κ1) is 23.2. The molecule has 0 saturated carbocycles. The predicted octanol–water partition coefficient (Wildman–Crippen LogP) is 2.13. The van der Waals surface area contributed by atoms with Gasteiger partial charge in [0.1, 0.15) is 11.5 Å². The summed E-state index contributed by atoms with van der Waals surface area (Å²) in [4.78, 5) is 27.3. The molecular formula is C24H37NO5. The molecule has 8 atom stereocenters. The highest BCUT2D eigenvalue weighted by atomic mass is 16.4. The maximum absolute atomic E-state index is 13.8. The Hall–Kier alpha value is -1.50. The summed E-state index contributed by atoms with van der Waals surface area (Å²) in [5, 5.41) is 34.3. The van der Waals surface area contributed by atoms with Gasteiger partial charge in [0.15, 0.2) is 5.78 Å². The Morgan fingerprint density at radius 3 is 2.43 bits per heavy atom. The Kier molecular flexibility index (Phi) is 6.61. The van der Waals surface area contributed by atoms with Crippen LogP contribution in [0.1, 0.15) is 60.3 Å². The highest BCUT2D eigenvalue weighted by molar-refractivity contribution is 6.09. The van der Waals surface area contributed by atoms with Crippen LogP contribution in [0, 0.1) is 29.1 Å². The van der Waals surface area contributed by atoms with E-state index >= 15 is 0 Å². The number of amides is 1. The first-order valence-electron chi connectivity index (χ1n) is 11.2. The summed E-state index contributed by atoms with van der Waals surface area (Å²) in [5.41, 5.74) is 0.834. The minimum absolute atomic E-state index is 0.0411. The molecule has 0 bridgehead atoms. The third kappa shape index (κ3) is 3.78. The van der Waals surface area contributed by atoms with Crippen LogP contribution in [0.5, 0.6) is 0 Å². The normalized spacial score (nSPS) is 44.4. The molecule has 30 heavy (non-hydrogen) atoms. The third-order valence-corrected chi connectivity index (χ3v) is 7.54. The van der Waals surface area contributed by atoms with Crippen LogP contribution in [0.4, 0.5) is 0 Å². The van der Waals surface area contributed by atoms with E-state index in [1.165, 1.54) is 5.57 Å². The van der Waals surface area contributed by atoms with Crippen LogP contribution in [0.15, 0.2) is 23.3 Å². The van der Waals surface area contributed by atoms with Crippen LogP contribution < -0.4 is 5.32 Å². The molecule has 0 unspecified atom stereocenters. The number of allylic oxidation sites excluding steroid dienone is 4. The quantitative estimate of drug-likeness (QED) is 0.405. The maximum Gasteiger partial charge on any atom is 0.235 e. The van der Waals surface area contributed by atoms with Crippen molar-refractivity contribution in [3.63, 3.8) is 0 Å². The zero-order chi connectivity index (χ0) is 22.4. The van der Waals surface area contributed by atoms with E-state index in [1.54, 1.807) is 0 Å². The van der Waals surface area contributed by atoms with Gasteiger partial charge in [0, 0.05) is 24.3 Å². The molecule has 168 valence electrons. The molecule has 6 nitrogen and oxygen atoms in total. The lowest BCUT2D eigenvalue weighted by atomic mass is 9.54. The third-order valence-electron chi connectivity index (χ3n) is 7.54. The van der Waals surface area contributed by atoms with Gasteiger partial charge >= 0.3 is 0 Å². The minimum atomic E-state index is -1.41. The van der Waals surface area contributed by atoms with Gasteiger partial charge in [-0.3, -0.25) is 9.59 Å². The average Bonchev–Trinajstić information content (AvgIpc) is 2.94. The van der Waals surface area contributed by atoms with Crippen molar-refractivity contribution in [2.45, 2.75) is 84.7 Å². The van der Waals surface area contributed by atoms with Crippen LogP contribution in [0.3, 0.4) is 0 Å². The molecule has 1 heterocycles. The van der Waals surface area contributed by atoms with Gasteiger partial charge in [-0.15, -0.1) is 0 Å². The fourth-order valence-electron chi connectivity index (χ4n) is 5.88. The number of carbonyl (C=O) groups excluding carboxylic acids is 2. The SMILES string of the molecule is CC1=C[C@@H]2/C=C(/C)CC[C@H](O)[C@H](O)[C@H](O)CC(=O)[C@]23C(=O)N[C@@H](CC(C)C)[C@H]3[C@@H]1C. The molecule has 1 amide bonds. The van der Waals surface area contributed by atoms with Gasteiger partial charge in [-0.05, 0) is 44.9 Å². The Labute approximate surface area is 179 Å². The second kappa shape index (κ2) is 8.56. The van der Waals surface area contributed by atoms with Crippen LogP contribution in [0.2, 0.25) is 0 Å². The van der Waals surface area contributed by atoms with Crippen molar-refractivity contribution in [3.8, 4) is 0 Å². The molecule has 4 N–H and O–H groups in total. The van der Waals surface area contributed by atoms with E-state index in [2.05, 4.69) is 33.0 Å². The lowest BCUT2D eigenvalue weighted by Crippen LogP contribution is -2.53. The Balaban J connectivity index is 2.18. The number of aliphatic hydroxyl groups excluding tert-OH is 3. The number of nitrogens with one attached hydrogen (secondary N) is 1. The maximum atomic E-state index is 13.8. The smallest absolute Gasteiger partial charge is 0.235 e. The monoisotopic (exact) mass is 419 g/mol. The van der Waals surface area contributed by atoms with E-state index in [0.29, 0.717) is 18.8 Å².